The second-order valence-electron chi connectivity index (χ2n) is 4.79. The van der Waals surface area contributed by atoms with Crippen molar-refractivity contribution in [1.82, 2.24) is 5.32 Å². The van der Waals surface area contributed by atoms with Crippen LogP contribution in [0.4, 0.5) is 13.2 Å². The van der Waals surface area contributed by atoms with Gasteiger partial charge in [0.1, 0.15) is 11.8 Å². The third-order valence-corrected chi connectivity index (χ3v) is 2.75. The number of methoxy groups -OCH3 is 1. The molecule has 0 heterocycles. The lowest BCUT2D eigenvalue weighted by Crippen LogP contribution is -2.43. The maximum atomic E-state index is 12.3. The molecular weight excluding hydrogens is 337 g/mol. The molecule has 0 aromatic heterocycles. The summed E-state index contributed by atoms with van der Waals surface area (Å²) < 4.78 is 46.3. The summed E-state index contributed by atoms with van der Waals surface area (Å²) in [6, 6.07) is 3.97. The first-order valence-electron chi connectivity index (χ1n) is 6.54. The third-order valence-electron chi connectivity index (χ3n) is 2.75. The van der Waals surface area contributed by atoms with Gasteiger partial charge >= 0.3 is 6.18 Å². The van der Waals surface area contributed by atoms with Crippen LogP contribution in [0.1, 0.15) is 11.1 Å². The number of nitrogens with two attached hydrogens (primary N) is 1. The Hall–Kier alpha value is -1.51. The van der Waals surface area contributed by atoms with Crippen LogP contribution >= 0.6 is 12.4 Å². The van der Waals surface area contributed by atoms with Gasteiger partial charge in [0, 0.05) is 19.2 Å². The molecule has 0 fully saturated rings. The zero-order valence-electron chi connectivity index (χ0n) is 12.8. The molecule has 1 aromatic rings. The highest BCUT2D eigenvalue weighted by atomic mass is 35.5. The Balaban J connectivity index is 0.00000484. The van der Waals surface area contributed by atoms with E-state index in [4.69, 9.17) is 15.2 Å². The molecule has 0 aliphatic rings. The zero-order chi connectivity index (χ0) is 16.8. The first-order chi connectivity index (χ1) is 10.2. The molecule has 9 heteroatoms. The number of alkyl halides is 3. The Morgan fingerprint density at radius 3 is 2.61 bits per heavy atom. The lowest BCUT2D eigenvalue weighted by atomic mass is 10.1. The predicted octanol–water partition coefficient (Wildman–Crippen LogP) is 1.95. The number of amides is 1. The Kier molecular flexibility index (Phi) is 8.96. The van der Waals surface area contributed by atoms with Gasteiger partial charge in [-0.1, -0.05) is 12.1 Å². The van der Waals surface area contributed by atoms with Crippen LogP contribution in [0.2, 0.25) is 0 Å². The minimum atomic E-state index is -4.43. The minimum Gasteiger partial charge on any atom is -0.484 e. The summed E-state index contributed by atoms with van der Waals surface area (Å²) in [7, 11) is 1.41. The summed E-state index contributed by atoms with van der Waals surface area (Å²) in [5.74, 6) is -0.373. The molecule has 1 unspecified atom stereocenters. The number of hydrogen-bond donors (Lipinski definition) is 2. The van der Waals surface area contributed by atoms with Crippen molar-refractivity contribution in [1.29, 1.82) is 0 Å². The van der Waals surface area contributed by atoms with Crippen LogP contribution in [0.15, 0.2) is 18.2 Å². The molecule has 1 aromatic carbocycles. The molecule has 0 saturated carbocycles. The normalized spacial score (nSPS) is 12.3. The fraction of sp³-hybridized carbons (Fsp3) is 0.500. The molecule has 0 aliphatic carbocycles. The second kappa shape index (κ2) is 9.59. The monoisotopic (exact) mass is 356 g/mol. The molecule has 132 valence electrons. The first kappa shape index (κ1) is 21.5. The van der Waals surface area contributed by atoms with Crippen LogP contribution in [-0.2, 0) is 16.1 Å². The molecule has 0 saturated heterocycles. The number of aryl methyl sites for hydroxylation is 1. The fourth-order valence-corrected chi connectivity index (χ4v) is 1.67. The molecule has 5 nitrogen and oxygen atoms in total. The summed E-state index contributed by atoms with van der Waals surface area (Å²) in [6.07, 6.45) is -4.43. The Morgan fingerprint density at radius 2 is 2.04 bits per heavy atom. The molecule has 3 N–H and O–H groups in total. The van der Waals surface area contributed by atoms with Gasteiger partial charge in [-0.15, -0.1) is 12.4 Å². The van der Waals surface area contributed by atoms with Gasteiger partial charge in [-0.25, -0.2) is 0 Å². The van der Waals surface area contributed by atoms with E-state index in [-0.39, 0.29) is 31.3 Å². The van der Waals surface area contributed by atoms with Gasteiger partial charge in [-0.2, -0.15) is 13.2 Å². The molecule has 0 bridgehead atoms. The topological polar surface area (TPSA) is 73.6 Å². The number of carbonyl (C=O) groups is 1. The van der Waals surface area contributed by atoms with E-state index < -0.39 is 24.7 Å². The number of hydrogen-bond acceptors (Lipinski definition) is 4. The molecule has 1 amide bonds. The summed E-state index contributed by atoms with van der Waals surface area (Å²) >= 11 is 0. The highest BCUT2D eigenvalue weighted by Crippen LogP contribution is 2.23. The van der Waals surface area contributed by atoms with E-state index in [9.17, 15) is 18.0 Å². The second-order valence-corrected chi connectivity index (χ2v) is 4.79. The molecule has 1 atom stereocenters. The van der Waals surface area contributed by atoms with Crippen molar-refractivity contribution in [2.45, 2.75) is 25.7 Å². The fourth-order valence-electron chi connectivity index (χ4n) is 1.67. The molecule has 23 heavy (non-hydrogen) atoms. The predicted molar refractivity (Wildman–Crippen MR) is 81.7 cm³/mol. The Morgan fingerprint density at radius 1 is 1.39 bits per heavy atom. The zero-order valence-corrected chi connectivity index (χ0v) is 13.6. The van der Waals surface area contributed by atoms with Gasteiger partial charge < -0.3 is 20.5 Å². The van der Waals surface area contributed by atoms with Crippen LogP contribution < -0.4 is 15.8 Å². The summed E-state index contributed by atoms with van der Waals surface area (Å²) in [5.41, 5.74) is 6.74. The van der Waals surface area contributed by atoms with E-state index >= 15 is 0 Å². The van der Waals surface area contributed by atoms with Crippen molar-refractivity contribution < 1.29 is 27.4 Å². The summed E-state index contributed by atoms with van der Waals surface area (Å²) in [6.45, 7) is 0.415. The van der Waals surface area contributed by atoms with Gasteiger partial charge in [0.2, 0.25) is 5.91 Å². The lowest BCUT2D eigenvalue weighted by Gasteiger charge is -2.16. The largest absolute Gasteiger partial charge is 0.484 e. The molecule has 1 rings (SSSR count). The van der Waals surface area contributed by atoms with E-state index in [1.165, 1.54) is 13.2 Å². The molecule has 0 spiro atoms. The van der Waals surface area contributed by atoms with Crippen LogP contribution in [0, 0.1) is 6.92 Å². The van der Waals surface area contributed by atoms with Crippen LogP contribution in [-0.4, -0.2) is 38.4 Å². The summed E-state index contributed by atoms with van der Waals surface area (Å²) in [5, 5.41) is 2.54. The number of nitrogens with one attached hydrogen (secondary N) is 1. The van der Waals surface area contributed by atoms with E-state index in [0.29, 0.717) is 5.56 Å². The number of benzene rings is 1. The lowest BCUT2D eigenvalue weighted by molar-refractivity contribution is -0.153. The molecule has 0 radical (unpaired) electrons. The van der Waals surface area contributed by atoms with Gasteiger partial charge in [0.05, 0.1) is 6.61 Å². The minimum absolute atomic E-state index is 0. The first-order valence-corrected chi connectivity index (χ1v) is 6.54. The van der Waals surface area contributed by atoms with Crippen molar-refractivity contribution in [2.24, 2.45) is 5.73 Å². The van der Waals surface area contributed by atoms with E-state index in [1.807, 2.05) is 0 Å². The van der Waals surface area contributed by atoms with Gasteiger partial charge in [0.15, 0.2) is 6.61 Å². The Bertz CT molecular complexity index is 513. The van der Waals surface area contributed by atoms with Crippen molar-refractivity contribution in [3.8, 4) is 5.75 Å². The van der Waals surface area contributed by atoms with Crippen LogP contribution in [0.3, 0.4) is 0 Å². The molecule has 0 aliphatic heterocycles. The number of carbonyl (C=O) groups excluding carboxylic acids is 1. The number of ether oxygens (including phenoxy) is 2. The van der Waals surface area contributed by atoms with Gasteiger partial charge in [-0.3, -0.25) is 4.79 Å². The standard InChI is InChI=1S/C14H19F3N2O3.ClH/c1-9-3-4-10(6-19-13(20)11(18)7-21-2)12(5-9)22-8-14(15,16)17;/h3-5,11H,6-8,18H2,1-2H3,(H,19,20);1H. The van der Waals surface area contributed by atoms with E-state index in [1.54, 1.807) is 19.1 Å². The van der Waals surface area contributed by atoms with Crippen molar-refractivity contribution >= 4 is 18.3 Å². The van der Waals surface area contributed by atoms with Gasteiger partial charge in [0.25, 0.3) is 0 Å². The van der Waals surface area contributed by atoms with E-state index in [0.717, 1.165) is 5.56 Å². The third kappa shape index (κ3) is 8.06. The highest BCUT2D eigenvalue weighted by molar-refractivity contribution is 5.85. The maximum Gasteiger partial charge on any atom is 0.422 e. The smallest absolute Gasteiger partial charge is 0.422 e. The number of halogens is 4. The van der Waals surface area contributed by atoms with E-state index in [2.05, 4.69) is 5.32 Å². The molecular formula is C14H20ClF3N2O3. The average molecular weight is 357 g/mol. The van der Waals surface area contributed by atoms with Crippen molar-refractivity contribution in [2.75, 3.05) is 20.3 Å². The van der Waals surface area contributed by atoms with Crippen molar-refractivity contribution in [3.05, 3.63) is 29.3 Å². The SMILES string of the molecule is COCC(N)C(=O)NCc1ccc(C)cc1OCC(F)(F)F.Cl. The van der Waals surface area contributed by atoms with Crippen LogP contribution in [0.5, 0.6) is 5.75 Å². The number of rotatable bonds is 7. The van der Waals surface area contributed by atoms with Gasteiger partial charge in [-0.05, 0) is 18.6 Å². The average Bonchev–Trinajstić information content (AvgIpc) is 2.43. The highest BCUT2D eigenvalue weighted by Gasteiger charge is 2.28. The Labute approximate surface area is 138 Å². The van der Waals surface area contributed by atoms with Crippen LogP contribution in [0.25, 0.3) is 0 Å². The summed E-state index contributed by atoms with van der Waals surface area (Å²) in [4.78, 5) is 11.7. The quantitative estimate of drug-likeness (QED) is 0.783. The maximum absolute atomic E-state index is 12.3. The van der Waals surface area contributed by atoms with Crippen molar-refractivity contribution in [3.63, 3.8) is 0 Å².